The minimum absolute atomic E-state index is 0.220. The van der Waals surface area contributed by atoms with Gasteiger partial charge in [-0.15, -0.1) is 5.10 Å². The quantitative estimate of drug-likeness (QED) is 0.803. The Morgan fingerprint density at radius 2 is 1.48 bits per heavy atom. The van der Waals surface area contributed by atoms with E-state index < -0.39 is 5.97 Å². The number of aliphatic carboxylic acids is 1. The molecule has 0 atom stereocenters. The highest BCUT2D eigenvalue weighted by atomic mass is 16.4. The second kappa shape index (κ2) is 6.04. The van der Waals surface area contributed by atoms with Crippen molar-refractivity contribution in [2.24, 2.45) is 0 Å². The Morgan fingerprint density at radius 1 is 0.957 bits per heavy atom. The highest BCUT2D eigenvalue weighted by Crippen LogP contribution is 2.23. The molecule has 1 aromatic heterocycles. The lowest BCUT2D eigenvalue weighted by molar-refractivity contribution is -0.137. The van der Waals surface area contributed by atoms with Crippen LogP contribution in [0.2, 0.25) is 0 Å². The average molecular weight is 307 g/mol. The van der Waals surface area contributed by atoms with E-state index in [1.54, 1.807) is 0 Å². The van der Waals surface area contributed by atoms with Gasteiger partial charge in [-0.2, -0.15) is 0 Å². The Morgan fingerprint density at radius 3 is 2.00 bits per heavy atom. The second-order valence-corrected chi connectivity index (χ2v) is 5.54. The van der Waals surface area contributed by atoms with Gasteiger partial charge in [-0.25, -0.2) is 9.67 Å². The van der Waals surface area contributed by atoms with Crippen molar-refractivity contribution in [2.45, 2.75) is 20.4 Å². The zero-order chi connectivity index (χ0) is 16.4. The van der Waals surface area contributed by atoms with Crippen LogP contribution in [0.5, 0.6) is 0 Å². The lowest BCUT2D eigenvalue weighted by Gasteiger charge is -2.03. The third kappa shape index (κ3) is 3.29. The fourth-order valence-corrected chi connectivity index (χ4v) is 2.32. The predicted molar refractivity (Wildman–Crippen MR) is 88.0 cm³/mol. The van der Waals surface area contributed by atoms with Gasteiger partial charge < -0.3 is 5.11 Å². The molecule has 0 spiro atoms. The standard InChI is InChI=1S/C18H17N3O2/c1-12-3-7-14(8-4-12)17-19-18(21(20-17)11-16(22)23)15-9-5-13(2)6-10-15/h3-10H,11H2,1-2H3,(H,22,23). The molecule has 23 heavy (non-hydrogen) atoms. The van der Waals surface area contributed by atoms with Crippen molar-refractivity contribution in [3.8, 4) is 22.8 Å². The molecule has 116 valence electrons. The van der Waals surface area contributed by atoms with Gasteiger partial charge in [0.2, 0.25) is 0 Å². The van der Waals surface area contributed by atoms with E-state index in [1.807, 2.05) is 62.4 Å². The van der Waals surface area contributed by atoms with Crippen molar-refractivity contribution in [1.82, 2.24) is 14.8 Å². The van der Waals surface area contributed by atoms with Crippen LogP contribution in [-0.2, 0) is 11.3 Å². The van der Waals surface area contributed by atoms with Crippen molar-refractivity contribution in [1.29, 1.82) is 0 Å². The van der Waals surface area contributed by atoms with Crippen LogP contribution in [0.3, 0.4) is 0 Å². The van der Waals surface area contributed by atoms with E-state index >= 15 is 0 Å². The number of aromatic nitrogens is 3. The van der Waals surface area contributed by atoms with Gasteiger partial charge in [-0.1, -0.05) is 59.7 Å². The number of carbonyl (C=O) groups is 1. The Bertz CT molecular complexity index is 834. The summed E-state index contributed by atoms with van der Waals surface area (Å²) in [5.74, 6) is 0.142. The summed E-state index contributed by atoms with van der Waals surface area (Å²) in [4.78, 5) is 15.7. The molecule has 0 unspecified atom stereocenters. The monoisotopic (exact) mass is 307 g/mol. The number of hydrogen-bond acceptors (Lipinski definition) is 3. The number of benzene rings is 2. The number of hydrogen-bond donors (Lipinski definition) is 1. The maximum Gasteiger partial charge on any atom is 0.325 e. The van der Waals surface area contributed by atoms with Crippen molar-refractivity contribution in [3.63, 3.8) is 0 Å². The van der Waals surface area contributed by atoms with Crippen LogP contribution in [0.1, 0.15) is 11.1 Å². The molecule has 0 aliphatic rings. The molecule has 1 N–H and O–H groups in total. The summed E-state index contributed by atoms with van der Waals surface area (Å²) in [6, 6.07) is 15.6. The Kier molecular flexibility index (Phi) is 3.93. The van der Waals surface area contributed by atoms with Crippen LogP contribution >= 0.6 is 0 Å². The molecular formula is C18H17N3O2. The largest absolute Gasteiger partial charge is 0.480 e. The lowest BCUT2D eigenvalue weighted by Crippen LogP contribution is -2.11. The summed E-state index contributed by atoms with van der Waals surface area (Å²) in [7, 11) is 0. The summed E-state index contributed by atoms with van der Waals surface area (Å²) in [6.07, 6.45) is 0. The van der Waals surface area contributed by atoms with Crippen LogP contribution in [-0.4, -0.2) is 25.8 Å². The number of aryl methyl sites for hydroxylation is 2. The van der Waals surface area contributed by atoms with Gasteiger partial charge in [0, 0.05) is 11.1 Å². The summed E-state index contributed by atoms with van der Waals surface area (Å²) in [5, 5.41) is 13.5. The van der Waals surface area contributed by atoms with E-state index in [0.717, 1.165) is 22.3 Å². The molecule has 0 fully saturated rings. The molecule has 5 nitrogen and oxygen atoms in total. The summed E-state index contributed by atoms with van der Waals surface area (Å²) < 4.78 is 1.43. The smallest absolute Gasteiger partial charge is 0.325 e. The van der Waals surface area contributed by atoms with Crippen LogP contribution < -0.4 is 0 Å². The molecule has 0 saturated carbocycles. The highest BCUT2D eigenvalue weighted by Gasteiger charge is 2.15. The van der Waals surface area contributed by atoms with E-state index in [2.05, 4.69) is 10.1 Å². The zero-order valence-corrected chi connectivity index (χ0v) is 13.0. The first-order valence-electron chi connectivity index (χ1n) is 7.33. The minimum atomic E-state index is -0.946. The van der Waals surface area contributed by atoms with E-state index in [4.69, 9.17) is 5.11 Å². The van der Waals surface area contributed by atoms with Crippen molar-refractivity contribution >= 4 is 5.97 Å². The third-order valence-electron chi connectivity index (χ3n) is 3.58. The van der Waals surface area contributed by atoms with E-state index in [1.165, 1.54) is 4.68 Å². The SMILES string of the molecule is Cc1ccc(-c2nc(-c3ccc(C)cc3)n(CC(=O)O)n2)cc1. The molecule has 5 heteroatoms. The molecular weight excluding hydrogens is 290 g/mol. The number of rotatable bonds is 4. The molecule has 0 aliphatic carbocycles. The van der Waals surface area contributed by atoms with Gasteiger partial charge in [-0.05, 0) is 13.8 Å². The van der Waals surface area contributed by atoms with Gasteiger partial charge in [0.05, 0.1) is 0 Å². The Balaban J connectivity index is 2.08. The first-order chi connectivity index (χ1) is 11.0. The summed E-state index contributed by atoms with van der Waals surface area (Å²) in [5.41, 5.74) is 4.00. The molecule has 0 aliphatic heterocycles. The highest BCUT2D eigenvalue weighted by molar-refractivity contribution is 5.69. The van der Waals surface area contributed by atoms with Crippen LogP contribution in [0.4, 0.5) is 0 Å². The van der Waals surface area contributed by atoms with Crippen LogP contribution in [0, 0.1) is 13.8 Å². The third-order valence-corrected chi connectivity index (χ3v) is 3.58. The van der Waals surface area contributed by atoms with Crippen LogP contribution in [0.15, 0.2) is 48.5 Å². The predicted octanol–water partition coefficient (Wildman–Crippen LogP) is 3.31. The van der Waals surface area contributed by atoms with E-state index in [0.29, 0.717) is 11.6 Å². The van der Waals surface area contributed by atoms with Crippen molar-refractivity contribution < 1.29 is 9.90 Å². The average Bonchev–Trinajstić information content (AvgIpc) is 2.92. The summed E-state index contributed by atoms with van der Waals surface area (Å²) >= 11 is 0. The molecule has 3 rings (SSSR count). The van der Waals surface area contributed by atoms with Gasteiger partial charge in [0.15, 0.2) is 11.6 Å². The number of carboxylic acid groups (broad SMARTS) is 1. The Hall–Kier alpha value is -2.95. The molecule has 1 heterocycles. The minimum Gasteiger partial charge on any atom is -0.480 e. The topological polar surface area (TPSA) is 68.0 Å². The molecule has 0 radical (unpaired) electrons. The summed E-state index contributed by atoms with van der Waals surface area (Å²) in [6.45, 7) is 3.80. The van der Waals surface area contributed by atoms with E-state index in [9.17, 15) is 4.79 Å². The first-order valence-corrected chi connectivity index (χ1v) is 7.33. The van der Waals surface area contributed by atoms with Crippen molar-refractivity contribution in [3.05, 3.63) is 59.7 Å². The first kappa shape index (κ1) is 15.0. The van der Waals surface area contributed by atoms with Gasteiger partial charge >= 0.3 is 5.97 Å². The van der Waals surface area contributed by atoms with E-state index in [-0.39, 0.29) is 6.54 Å². The zero-order valence-electron chi connectivity index (χ0n) is 13.0. The molecule has 0 bridgehead atoms. The molecule has 3 aromatic rings. The van der Waals surface area contributed by atoms with Gasteiger partial charge in [0.1, 0.15) is 6.54 Å². The fraction of sp³-hybridized carbons (Fsp3) is 0.167. The maximum atomic E-state index is 11.1. The number of carboxylic acids is 1. The van der Waals surface area contributed by atoms with Crippen molar-refractivity contribution in [2.75, 3.05) is 0 Å². The second-order valence-electron chi connectivity index (χ2n) is 5.54. The normalized spacial score (nSPS) is 10.7. The maximum absolute atomic E-state index is 11.1. The molecule has 0 amide bonds. The molecule has 0 saturated heterocycles. The van der Waals surface area contributed by atoms with Crippen LogP contribution in [0.25, 0.3) is 22.8 Å². The Labute approximate surface area is 134 Å². The lowest BCUT2D eigenvalue weighted by atomic mass is 10.1. The number of nitrogens with zero attached hydrogens (tertiary/aromatic N) is 3. The van der Waals surface area contributed by atoms with Gasteiger partial charge in [0.25, 0.3) is 0 Å². The molecule has 2 aromatic carbocycles. The van der Waals surface area contributed by atoms with Gasteiger partial charge in [-0.3, -0.25) is 4.79 Å². The fourth-order valence-electron chi connectivity index (χ4n) is 2.32.